The summed E-state index contributed by atoms with van der Waals surface area (Å²) in [5.74, 6) is -0.441. The number of carboxylic acids is 1. The number of hydrogen-bond acceptors (Lipinski definition) is 2. The highest BCUT2D eigenvalue weighted by Crippen LogP contribution is 2.26. The van der Waals surface area contributed by atoms with Gasteiger partial charge in [-0.1, -0.05) is 19.8 Å². The van der Waals surface area contributed by atoms with Crippen molar-refractivity contribution in [1.29, 1.82) is 0 Å². The molecule has 1 aliphatic rings. The highest BCUT2D eigenvalue weighted by molar-refractivity contribution is 5.79. The van der Waals surface area contributed by atoms with Crippen LogP contribution in [0.15, 0.2) is 0 Å². The molecule has 0 aromatic carbocycles. The largest absolute Gasteiger partial charge is 0.481 e. The molecule has 0 spiro atoms. The molecule has 1 unspecified atom stereocenters. The van der Waals surface area contributed by atoms with E-state index in [0.29, 0.717) is 6.54 Å². The van der Waals surface area contributed by atoms with E-state index >= 15 is 0 Å². The lowest BCUT2D eigenvalue weighted by molar-refractivity contribution is -0.138. The molecule has 15 heavy (non-hydrogen) atoms. The standard InChI is InChI=1S/C11H19NO3/c1-2-8(6-10(13)14)7-12-11(15)9-4-3-5-9/h8-9H,2-7H2,1H3,(H,12,15)(H,13,14). The van der Waals surface area contributed by atoms with Gasteiger partial charge in [0, 0.05) is 18.9 Å². The fourth-order valence-corrected chi connectivity index (χ4v) is 1.67. The minimum absolute atomic E-state index is 0.0616. The first-order valence-corrected chi connectivity index (χ1v) is 5.63. The van der Waals surface area contributed by atoms with E-state index in [4.69, 9.17) is 5.11 Å². The van der Waals surface area contributed by atoms with Crippen LogP contribution in [-0.2, 0) is 9.59 Å². The highest BCUT2D eigenvalue weighted by atomic mass is 16.4. The Kier molecular flexibility index (Phi) is 4.59. The zero-order chi connectivity index (χ0) is 11.3. The van der Waals surface area contributed by atoms with Gasteiger partial charge in [0.1, 0.15) is 0 Å². The maximum atomic E-state index is 11.5. The third-order valence-electron chi connectivity index (χ3n) is 3.08. The summed E-state index contributed by atoms with van der Waals surface area (Å²) in [6.07, 6.45) is 4.05. The summed E-state index contributed by atoms with van der Waals surface area (Å²) in [6.45, 7) is 2.45. The van der Waals surface area contributed by atoms with E-state index in [-0.39, 0.29) is 24.2 Å². The molecule has 0 heterocycles. The SMILES string of the molecule is CCC(CNC(=O)C1CCC1)CC(=O)O. The zero-order valence-electron chi connectivity index (χ0n) is 9.16. The van der Waals surface area contributed by atoms with Crippen LogP contribution < -0.4 is 5.32 Å². The molecule has 4 heteroatoms. The van der Waals surface area contributed by atoms with E-state index in [9.17, 15) is 9.59 Å². The van der Waals surface area contributed by atoms with Crippen molar-refractivity contribution in [2.45, 2.75) is 39.0 Å². The highest BCUT2D eigenvalue weighted by Gasteiger charge is 2.25. The molecule has 1 aliphatic carbocycles. The monoisotopic (exact) mass is 213 g/mol. The molecule has 1 atom stereocenters. The minimum Gasteiger partial charge on any atom is -0.481 e. The predicted octanol–water partition coefficient (Wildman–Crippen LogP) is 1.40. The van der Waals surface area contributed by atoms with Crippen LogP contribution in [0.2, 0.25) is 0 Å². The van der Waals surface area contributed by atoms with Gasteiger partial charge in [0.05, 0.1) is 0 Å². The van der Waals surface area contributed by atoms with Gasteiger partial charge >= 0.3 is 5.97 Å². The van der Waals surface area contributed by atoms with Crippen LogP contribution >= 0.6 is 0 Å². The van der Waals surface area contributed by atoms with Gasteiger partial charge in [-0.25, -0.2) is 0 Å². The molecule has 86 valence electrons. The van der Waals surface area contributed by atoms with Gasteiger partial charge in [-0.15, -0.1) is 0 Å². The van der Waals surface area contributed by atoms with E-state index in [1.165, 1.54) is 0 Å². The Labute approximate surface area is 90.0 Å². The lowest BCUT2D eigenvalue weighted by atomic mass is 9.84. The first-order chi connectivity index (χ1) is 7.13. The molecule has 0 saturated heterocycles. The van der Waals surface area contributed by atoms with E-state index in [2.05, 4.69) is 5.32 Å². The van der Waals surface area contributed by atoms with Gasteiger partial charge < -0.3 is 10.4 Å². The average molecular weight is 213 g/mol. The number of nitrogens with one attached hydrogen (secondary N) is 1. The van der Waals surface area contributed by atoms with Gasteiger partial charge in [-0.05, 0) is 18.8 Å². The van der Waals surface area contributed by atoms with Gasteiger partial charge in [0.15, 0.2) is 0 Å². The second kappa shape index (κ2) is 5.73. The molecule has 0 aliphatic heterocycles. The van der Waals surface area contributed by atoms with Gasteiger partial charge in [-0.3, -0.25) is 9.59 Å². The molecule has 0 aromatic heterocycles. The molecule has 2 N–H and O–H groups in total. The molecule has 0 radical (unpaired) electrons. The summed E-state index contributed by atoms with van der Waals surface area (Å²) in [6, 6.07) is 0. The van der Waals surface area contributed by atoms with Crippen molar-refractivity contribution < 1.29 is 14.7 Å². The first-order valence-electron chi connectivity index (χ1n) is 5.63. The summed E-state index contributed by atoms with van der Waals surface area (Å²) in [4.78, 5) is 22.0. The minimum atomic E-state index is -0.792. The Morgan fingerprint density at radius 2 is 2.13 bits per heavy atom. The molecular formula is C11H19NO3. The summed E-state index contributed by atoms with van der Waals surface area (Å²) in [7, 11) is 0. The third kappa shape index (κ3) is 3.90. The molecule has 1 rings (SSSR count). The molecular weight excluding hydrogens is 194 g/mol. The van der Waals surface area contributed by atoms with Crippen LogP contribution in [0.3, 0.4) is 0 Å². The van der Waals surface area contributed by atoms with Crippen molar-refractivity contribution in [2.75, 3.05) is 6.54 Å². The smallest absolute Gasteiger partial charge is 0.303 e. The Hall–Kier alpha value is -1.06. The van der Waals surface area contributed by atoms with Crippen molar-refractivity contribution in [3.63, 3.8) is 0 Å². The van der Waals surface area contributed by atoms with Crippen molar-refractivity contribution in [2.24, 2.45) is 11.8 Å². The number of rotatable bonds is 6. The van der Waals surface area contributed by atoms with E-state index < -0.39 is 5.97 Å². The third-order valence-corrected chi connectivity index (χ3v) is 3.08. The molecule has 0 bridgehead atoms. The normalized spacial score (nSPS) is 17.9. The lowest BCUT2D eigenvalue weighted by Gasteiger charge is -2.25. The second-order valence-corrected chi connectivity index (χ2v) is 4.25. The van der Waals surface area contributed by atoms with Gasteiger partial charge in [-0.2, -0.15) is 0 Å². The average Bonchev–Trinajstić information content (AvgIpc) is 2.08. The molecule has 1 amide bonds. The fraction of sp³-hybridized carbons (Fsp3) is 0.818. The predicted molar refractivity (Wildman–Crippen MR) is 56.4 cm³/mol. The topological polar surface area (TPSA) is 66.4 Å². The molecule has 1 fully saturated rings. The summed E-state index contributed by atoms with van der Waals surface area (Å²) in [5, 5.41) is 11.5. The van der Waals surface area contributed by atoms with Crippen LogP contribution in [0, 0.1) is 11.8 Å². The number of aliphatic carboxylic acids is 1. The number of carbonyl (C=O) groups is 2. The molecule has 1 saturated carbocycles. The van der Waals surface area contributed by atoms with Crippen LogP contribution in [-0.4, -0.2) is 23.5 Å². The van der Waals surface area contributed by atoms with Crippen LogP contribution in [0.25, 0.3) is 0 Å². The zero-order valence-corrected chi connectivity index (χ0v) is 9.16. The lowest BCUT2D eigenvalue weighted by Crippen LogP contribution is -2.37. The Morgan fingerprint density at radius 3 is 2.53 bits per heavy atom. The summed E-state index contributed by atoms with van der Waals surface area (Å²) < 4.78 is 0. The first kappa shape index (κ1) is 12.0. The van der Waals surface area contributed by atoms with E-state index in [0.717, 1.165) is 25.7 Å². The fourth-order valence-electron chi connectivity index (χ4n) is 1.67. The maximum absolute atomic E-state index is 11.5. The number of amides is 1. The Morgan fingerprint density at radius 1 is 1.47 bits per heavy atom. The maximum Gasteiger partial charge on any atom is 0.303 e. The number of carbonyl (C=O) groups excluding carboxylic acids is 1. The van der Waals surface area contributed by atoms with Crippen molar-refractivity contribution in [3.05, 3.63) is 0 Å². The Bertz CT molecular complexity index is 236. The van der Waals surface area contributed by atoms with E-state index in [1.54, 1.807) is 0 Å². The van der Waals surface area contributed by atoms with E-state index in [1.807, 2.05) is 6.92 Å². The quantitative estimate of drug-likeness (QED) is 0.701. The van der Waals surface area contributed by atoms with Crippen LogP contribution in [0.4, 0.5) is 0 Å². The molecule has 4 nitrogen and oxygen atoms in total. The number of carboxylic acid groups (broad SMARTS) is 1. The Balaban J connectivity index is 2.20. The summed E-state index contributed by atoms with van der Waals surface area (Å²) >= 11 is 0. The van der Waals surface area contributed by atoms with Crippen LogP contribution in [0.1, 0.15) is 39.0 Å². The van der Waals surface area contributed by atoms with Crippen molar-refractivity contribution >= 4 is 11.9 Å². The number of hydrogen-bond donors (Lipinski definition) is 2. The second-order valence-electron chi connectivity index (χ2n) is 4.25. The molecule has 0 aromatic rings. The van der Waals surface area contributed by atoms with Crippen molar-refractivity contribution in [3.8, 4) is 0 Å². The van der Waals surface area contributed by atoms with Crippen LogP contribution in [0.5, 0.6) is 0 Å². The van der Waals surface area contributed by atoms with Gasteiger partial charge in [0.25, 0.3) is 0 Å². The van der Waals surface area contributed by atoms with Crippen molar-refractivity contribution in [1.82, 2.24) is 5.32 Å². The van der Waals surface area contributed by atoms with Gasteiger partial charge in [0.2, 0.25) is 5.91 Å². The summed E-state index contributed by atoms with van der Waals surface area (Å²) in [5.41, 5.74) is 0.